The highest BCUT2D eigenvalue weighted by molar-refractivity contribution is 7.99. The summed E-state index contributed by atoms with van der Waals surface area (Å²) >= 11 is 2.70. The molecular formula is C24H28N4O5S3. The molecule has 12 heteroatoms. The first-order valence-corrected chi connectivity index (χ1v) is 14.6. The Kier molecular flexibility index (Phi) is 9.88. The number of amides is 2. The molecule has 2 aromatic carbocycles. The van der Waals surface area contributed by atoms with Gasteiger partial charge >= 0.3 is 0 Å². The maximum absolute atomic E-state index is 12.6. The minimum absolute atomic E-state index is 0.125. The Bertz CT molecular complexity index is 1270. The highest BCUT2D eigenvalue weighted by Gasteiger charge is 2.21. The Labute approximate surface area is 219 Å². The van der Waals surface area contributed by atoms with Crippen LogP contribution < -0.4 is 15.4 Å². The van der Waals surface area contributed by atoms with E-state index in [9.17, 15) is 18.0 Å². The lowest BCUT2D eigenvalue weighted by Gasteiger charge is -2.18. The van der Waals surface area contributed by atoms with Crippen molar-refractivity contribution in [2.75, 3.05) is 36.6 Å². The van der Waals surface area contributed by atoms with Gasteiger partial charge in [0.05, 0.1) is 23.5 Å². The number of carbonyl (C=O) groups excluding carboxylic acids is 2. The summed E-state index contributed by atoms with van der Waals surface area (Å²) in [4.78, 5) is 29.3. The van der Waals surface area contributed by atoms with E-state index in [1.807, 2.05) is 5.38 Å². The number of anilines is 2. The van der Waals surface area contributed by atoms with E-state index in [0.29, 0.717) is 41.0 Å². The number of thioether (sulfide) groups is 1. The summed E-state index contributed by atoms with van der Waals surface area (Å²) in [5.41, 5.74) is 1.77. The van der Waals surface area contributed by atoms with E-state index in [-0.39, 0.29) is 22.5 Å². The number of hydrogen-bond donors (Lipinski definition) is 2. The van der Waals surface area contributed by atoms with Gasteiger partial charge in [0, 0.05) is 35.5 Å². The van der Waals surface area contributed by atoms with E-state index >= 15 is 0 Å². The highest BCUT2D eigenvalue weighted by atomic mass is 32.2. The summed E-state index contributed by atoms with van der Waals surface area (Å²) in [5, 5.41) is 7.81. The summed E-state index contributed by atoms with van der Waals surface area (Å²) in [5.74, 6) is 0.984. The maximum atomic E-state index is 12.6. The molecule has 0 unspecified atom stereocenters. The van der Waals surface area contributed by atoms with Crippen molar-refractivity contribution in [3.63, 3.8) is 0 Å². The van der Waals surface area contributed by atoms with Crippen LogP contribution in [0.2, 0.25) is 0 Å². The molecule has 9 nitrogen and oxygen atoms in total. The minimum atomic E-state index is -3.58. The lowest BCUT2D eigenvalue weighted by molar-refractivity contribution is -0.113. The van der Waals surface area contributed by atoms with Gasteiger partial charge < -0.3 is 10.1 Å². The molecule has 2 N–H and O–H groups in total. The minimum Gasteiger partial charge on any atom is -0.497 e. The predicted octanol–water partition coefficient (Wildman–Crippen LogP) is 4.31. The fourth-order valence-corrected chi connectivity index (χ4v) is 6.20. The number of nitrogens with one attached hydrogen (secondary N) is 2. The summed E-state index contributed by atoms with van der Waals surface area (Å²) in [6.45, 7) is 4.31. The average Bonchev–Trinajstić information content (AvgIpc) is 3.32. The molecule has 0 saturated heterocycles. The van der Waals surface area contributed by atoms with Crippen LogP contribution in [-0.2, 0) is 20.6 Å². The number of sulfonamides is 1. The third kappa shape index (κ3) is 7.29. The van der Waals surface area contributed by atoms with Crippen LogP contribution in [0, 0.1) is 0 Å². The van der Waals surface area contributed by atoms with Gasteiger partial charge in [-0.25, -0.2) is 13.4 Å². The summed E-state index contributed by atoms with van der Waals surface area (Å²) < 4.78 is 31.7. The molecule has 0 spiro atoms. The molecule has 0 aliphatic rings. The Morgan fingerprint density at radius 3 is 2.31 bits per heavy atom. The highest BCUT2D eigenvalue weighted by Crippen LogP contribution is 2.22. The number of methoxy groups -OCH3 is 1. The van der Waals surface area contributed by atoms with Crippen molar-refractivity contribution in [1.29, 1.82) is 0 Å². The van der Waals surface area contributed by atoms with Gasteiger partial charge in [-0.05, 0) is 48.5 Å². The first-order valence-electron chi connectivity index (χ1n) is 11.1. The number of thiazole rings is 1. The monoisotopic (exact) mass is 548 g/mol. The second-order valence-corrected chi connectivity index (χ2v) is 11.3. The van der Waals surface area contributed by atoms with Crippen LogP contribution >= 0.6 is 23.1 Å². The molecule has 36 heavy (non-hydrogen) atoms. The SMILES string of the molecule is CCN(CC)S(=O)(=O)c1ccc(C(=O)Nc2nc(CSCC(=O)Nc3ccc(OC)cc3)cs2)cc1. The van der Waals surface area contributed by atoms with Crippen LogP contribution in [0.15, 0.2) is 58.8 Å². The zero-order chi connectivity index (χ0) is 26.1. The molecule has 1 aromatic heterocycles. The Morgan fingerprint density at radius 2 is 1.69 bits per heavy atom. The number of aromatic nitrogens is 1. The molecule has 0 radical (unpaired) electrons. The quantitative estimate of drug-likeness (QED) is 0.346. The van der Waals surface area contributed by atoms with E-state index in [1.165, 1.54) is 51.7 Å². The Morgan fingerprint density at radius 1 is 1.03 bits per heavy atom. The zero-order valence-corrected chi connectivity index (χ0v) is 22.6. The summed E-state index contributed by atoms with van der Waals surface area (Å²) in [6, 6.07) is 12.9. The molecule has 0 saturated carbocycles. The van der Waals surface area contributed by atoms with Crippen LogP contribution in [0.3, 0.4) is 0 Å². The molecule has 0 atom stereocenters. The lowest BCUT2D eigenvalue weighted by Crippen LogP contribution is -2.30. The van der Waals surface area contributed by atoms with Crippen molar-refractivity contribution >= 4 is 55.8 Å². The predicted molar refractivity (Wildman–Crippen MR) is 144 cm³/mol. The summed E-state index contributed by atoms with van der Waals surface area (Å²) in [6.07, 6.45) is 0. The van der Waals surface area contributed by atoms with Gasteiger partial charge in [-0.15, -0.1) is 23.1 Å². The number of hydrogen-bond acceptors (Lipinski definition) is 8. The van der Waals surface area contributed by atoms with Crippen LogP contribution in [0.25, 0.3) is 0 Å². The van der Waals surface area contributed by atoms with E-state index in [4.69, 9.17) is 4.74 Å². The van der Waals surface area contributed by atoms with Gasteiger partial charge in [0.2, 0.25) is 15.9 Å². The molecule has 192 valence electrons. The topological polar surface area (TPSA) is 118 Å². The van der Waals surface area contributed by atoms with Crippen molar-refractivity contribution in [2.24, 2.45) is 0 Å². The zero-order valence-electron chi connectivity index (χ0n) is 20.2. The molecule has 1 heterocycles. The van der Waals surface area contributed by atoms with Crippen molar-refractivity contribution in [3.8, 4) is 5.75 Å². The van der Waals surface area contributed by atoms with Crippen molar-refractivity contribution in [2.45, 2.75) is 24.5 Å². The van der Waals surface area contributed by atoms with Crippen molar-refractivity contribution < 1.29 is 22.7 Å². The fourth-order valence-electron chi connectivity index (χ4n) is 3.21. The van der Waals surface area contributed by atoms with E-state index in [1.54, 1.807) is 45.2 Å². The Hall–Kier alpha value is -2.93. The first kappa shape index (κ1) is 27.7. The van der Waals surface area contributed by atoms with E-state index in [0.717, 1.165) is 5.69 Å². The number of nitrogens with zero attached hydrogens (tertiary/aromatic N) is 2. The van der Waals surface area contributed by atoms with Crippen LogP contribution in [0.5, 0.6) is 5.75 Å². The van der Waals surface area contributed by atoms with Gasteiger partial charge in [0.15, 0.2) is 5.13 Å². The lowest BCUT2D eigenvalue weighted by atomic mass is 10.2. The number of ether oxygens (including phenoxy) is 1. The van der Waals surface area contributed by atoms with Crippen molar-refractivity contribution in [1.82, 2.24) is 9.29 Å². The van der Waals surface area contributed by atoms with Crippen LogP contribution in [0.4, 0.5) is 10.8 Å². The molecule has 0 bridgehead atoms. The van der Waals surface area contributed by atoms with Gasteiger partial charge in [0.1, 0.15) is 5.75 Å². The first-order chi connectivity index (χ1) is 17.3. The van der Waals surface area contributed by atoms with Crippen LogP contribution in [-0.4, -0.2) is 55.5 Å². The normalized spacial score (nSPS) is 11.3. The van der Waals surface area contributed by atoms with Crippen LogP contribution in [0.1, 0.15) is 29.9 Å². The third-order valence-electron chi connectivity index (χ3n) is 5.09. The fraction of sp³-hybridized carbons (Fsp3) is 0.292. The summed E-state index contributed by atoms with van der Waals surface area (Å²) in [7, 11) is -2.00. The second kappa shape index (κ2) is 12.9. The van der Waals surface area contributed by atoms with E-state index in [2.05, 4.69) is 15.6 Å². The smallest absolute Gasteiger partial charge is 0.257 e. The largest absolute Gasteiger partial charge is 0.497 e. The molecule has 3 aromatic rings. The van der Waals surface area contributed by atoms with Gasteiger partial charge in [-0.1, -0.05) is 13.8 Å². The molecule has 2 amide bonds. The van der Waals surface area contributed by atoms with E-state index < -0.39 is 10.0 Å². The van der Waals surface area contributed by atoms with Gasteiger partial charge in [0.25, 0.3) is 5.91 Å². The number of carbonyl (C=O) groups is 2. The van der Waals surface area contributed by atoms with Crippen molar-refractivity contribution in [3.05, 3.63) is 65.2 Å². The molecule has 0 aliphatic carbocycles. The third-order valence-corrected chi connectivity index (χ3v) is 8.93. The number of benzene rings is 2. The maximum Gasteiger partial charge on any atom is 0.257 e. The number of rotatable bonds is 12. The Balaban J connectivity index is 1.48. The molecule has 0 aliphatic heterocycles. The molecular weight excluding hydrogens is 520 g/mol. The molecule has 3 rings (SSSR count). The standard InChI is InChI=1S/C24H28N4O5S3/c1-4-28(5-2)36(31,32)21-12-6-17(7-13-21)23(30)27-24-26-19(15-35-24)14-34-16-22(29)25-18-8-10-20(33-3)11-9-18/h6-13,15H,4-5,14,16H2,1-3H3,(H,25,29)(H,26,27,30). The second-order valence-electron chi connectivity index (χ2n) is 7.48. The average molecular weight is 549 g/mol. The van der Waals surface area contributed by atoms with Gasteiger partial charge in [-0.3, -0.25) is 14.9 Å². The van der Waals surface area contributed by atoms with Gasteiger partial charge in [-0.2, -0.15) is 4.31 Å². The molecule has 0 fully saturated rings.